The molecule has 4 rings (SSSR count). The number of hydrogen-bond acceptors (Lipinski definition) is 4. The van der Waals surface area contributed by atoms with E-state index in [2.05, 4.69) is 4.98 Å². The number of aromatic carboxylic acids is 1. The minimum Gasteiger partial charge on any atom is -0.476 e. The zero-order valence-corrected chi connectivity index (χ0v) is 22.1. The van der Waals surface area contributed by atoms with Crippen molar-refractivity contribution in [1.82, 2.24) is 14.5 Å². The second-order valence-corrected chi connectivity index (χ2v) is 10.2. The van der Waals surface area contributed by atoms with Gasteiger partial charge in [0.15, 0.2) is 5.69 Å². The van der Waals surface area contributed by atoms with Crippen LogP contribution in [-0.4, -0.2) is 50.4 Å². The van der Waals surface area contributed by atoms with Crippen LogP contribution in [0, 0.1) is 0 Å². The summed E-state index contributed by atoms with van der Waals surface area (Å²) in [4.78, 5) is 28.3. The molecule has 2 heterocycles. The number of halogens is 3. The van der Waals surface area contributed by atoms with E-state index in [-0.39, 0.29) is 11.7 Å². The predicted molar refractivity (Wildman–Crippen MR) is 142 cm³/mol. The molecule has 11 heteroatoms. The van der Waals surface area contributed by atoms with Crippen LogP contribution in [-0.2, 0) is 0 Å². The van der Waals surface area contributed by atoms with E-state index in [4.69, 9.17) is 40.5 Å². The number of nitrogens with two attached hydrogens (primary N) is 1. The molecule has 1 fully saturated rings. The molecule has 186 valence electrons. The summed E-state index contributed by atoms with van der Waals surface area (Å²) < 4.78 is 1.78. The van der Waals surface area contributed by atoms with Gasteiger partial charge in [-0.15, -0.1) is 11.8 Å². The summed E-state index contributed by atoms with van der Waals surface area (Å²) in [6.45, 7) is 3.66. The van der Waals surface area contributed by atoms with Crippen LogP contribution in [0.4, 0.5) is 4.79 Å². The zero-order chi connectivity index (χ0) is 25.5. The van der Waals surface area contributed by atoms with Crippen molar-refractivity contribution in [3.8, 4) is 17.1 Å². The molecule has 1 aliphatic rings. The molecule has 1 aromatic heterocycles. The molecule has 1 aliphatic heterocycles. The lowest BCUT2D eigenvalue weighted by Gasteiger charge is -2.24. The lowest BCUT2D eigenvalue weighted by atomic mass is 10.1. The zero-order valence-electron chi connectivity index (χ0n) is 19.0. The van der Waals surface area contributed by atoms with Gasteiger partial charge in [-0.05, 0) is 67.5 Å². The maximum atomic E-state index is 11.8. The molecule has 3 N–H and O–H groups in total. The first-order valence-corrected chi connectivity index (χ1v) is 13.1. The van der Waals surface area contributed by atoms with Gasteiger partial charge in [0, 0.05) is 34.4 Å². The number of amides is 2. The molecule has 2 amide bonds. The minimum atomic E-state index is -1.10. The Kier molecular flexibility index (Phi) is 9.74. The van der Waals surface area contributed by atoms with Crippen LogP contribution in [0.3, 0.4) is 0 Å². The van der Waals surface area contributed by atoms with Crippen LogP contribution < -0.4 is 5.73 Å². The van der Waals surface area contributed by atoms with Crippen molar-refractivity contribution >= 4 is 58.6 Å². The van der Waals surface area contributed by atoms with Crippen LogP contribution in [0.15, 0.2) is 47.5 Å². The lowest BCUT2D eigenvalue weighted by Crippen LogP contribution is -2.39. The second kappa shape index (κ2) is 12.5. The number of aromatic nitrogens is 2. The van der Waals surface area contributed by atoms with Gasteiger partial charge in [-0.25, -0.2) is 14.6 Å². The standard InChI is InChI=1S/C18H13Cl3N2O2S.C6H12N2O/c1-2-26-17-15(18(24)25)22-16(13-8-5-11(20)9-14(13)21)23(17)12-6-3-10(19)4-7-12;7-6(9)8-4-2-1-3-5-8/h3-9H,2H2,1H3,(H,24,25);1-5H2,(H2,7,9). The van der Waals surface area contributed by atoms with Gasteiger partial charge in [0.25, 0.3) is 0 Å². The van der Waals surface area contributed by atoms with E-state index in [0.717, 1.165) is 31.6 Å². The summed E-state index contributed by atoms with van der Waals surface area (Å²) in [5.41, 5.74) is 6.37. The van der Waals surface area contributed by atoms with Gasteiger partial charge in [0.05, 0.1) is 5.02 Å². The maximum Gasteiger partial charge on any atom is 0.357 e. The van der Waals surface area contributed by atoms with Crippen LogP contribution >= 0.6 is 46.6 Å². The first-order valence-electron chi connectivity index (χ1n) is 11.0. The number of primary amides is 1. The number of benzene rings is 2. The fourth-order valence-electron chi connectivity index (χ4n) is 3.61. The molecule has 3 aromatic rings. The van der Waals surface area contributed by atoms with Crippen molar-refractivity contribution in [2.24, 2.45) is 5.73 Å². The highest BCUT2D eigenvalue weighted by atomic mass is 35.5. The SMILES string of the molecule is CCSc1c(C(=O)O)nc(-c2ccc(Cl)cc2Cl)n1-c1ccc(Cl)cc1.NC(=O)N1CCCCC1. The van der Waals surface area contributed by atoms with E-state index in [1.165, 1.54) is 18.2 Å². The van der Waals surface area contributed by atoms with E-state index >= 15 is 0 Å². The first kappa shape index (κ1) is 27.2. The Labute approximate surface area is 223 Å². The molecule has 0 atom stereocenters. The molecule has 0 bridgehead atoms. The van der Waals surface area contributed by atoms with Crippen LogP contribution in [0.1, 0.15) is 36.7 Å². The van der Waals surface area contributed by atoms with Crippen molar-refractivity contribution in [2.75, 3.05) is 18.8 Å². The van der Waals surface area contributed by atoms with E-state index in [1.807, 2.05) is 19.1 Å². The summed E-state index contributed by atoms with van der Waals surface area (Å²) in [6, 6.07) is 11.9. The number of imidazole rings is 1. The lowest BCUT2D eigenvalue weighted by molar-refractivity contribution is 0.0686. The Balaban J connectivity index is 0.000000320. The Morgan fingerprint density at radius 3 is 2.17 bits per heavy atom. The molecule has 0 radical (unpaired) electrons. The van der Waals surface area contributed by atoms with E-state index in [0.29, 0.717) is 37.2 Å². The van der Waals surface area contributed by atoms with Crippen molar-refractivity contribution in [2.45, 2.75) is 31.2 Å². The Morgan fingerprint density at radius 1 is 1.03 bits per heavy atom. The number of carboxylic acids is 1. The third-order valence-electron chi connectivity index (χ3n) is 5.24. The molecule has 1 saturated heterocycles. The van der Waals surface area contributed by atoms with Crippen LogP contribution in [0.5, 0.6) is 0 Å². The van der Waals surface area contributed by atoms with E-state index in [9.17, 15) is 14.7 Å². The van der Waals surface area contributed by atoms with Gasteiger partial charge in [0.1, 0.15) is 10.9 Å². The van der Waals surface area contributed by atoms with Gasteiger partial charge in [0.2, 0.25) is 0 Å². The van der Waals surface area contributed by atoms with E-state index < -0.39 is 5.97 Å². The van der Waals surface area contributed by atoms with Crippen LogP contribution in [0.2, 0.25) is 15.1 Å². The number of likely N-dealkylation sites (tertiary alicyclic amines) is 1. The number of hydrogen-bond donors (Lipinski definition) is 2. The molecule has 0 spiro atoms. The fourth-order valence-corrected chi connectivity index (χ4v) is 5.09. The molecule has 2 aromatic carbocycles. The average molecular weight is 556 g/mol. The van der Waals surface area contributed by atoms with Gasteiger partial charge >= 0.3 is 12.0 Å². The highest BCUT2D eigenvalue weighted by Crippen LogP contribution is 2.37. The molecule has 0 saturated carbocycles. The van der Waals surface area contributed by atoms with Gasteiger partial charge < -0.3 is 15.7 Å². The number of thioether (sulfide) groups is 1. The third-order valence-corrected chi connectivity index (χ3v) is 6.98. The summed E-state index contributed by atoms with van der Waals surface area (Å²) in [6.07, 6.45) is 3.47. The number of carbonyl (C=O) groups is 2. The number of carbonyl (C=O) groups excluding carboxylic acids is 1. The monoisotopic (exact) mass is 554 g/mol. The van der Waals surface area contributed by atoms with Crippen molar-refractivity contribution in [1.29, 1.82) is 0 Å². The normalized spacial score (nSPS) is 13.2. The Hall–Kier alpha value is -2.39. The Bertz CT molecular complexity index is 1200. The molecular formula is C24H25Cl3N4O3S. The molecule has 35 heavy (non-hydrogen) atoms. The van der Waals surface area contributed by atoms with Crippen molar-refractivity contribution in [3.05, 3.63) is 63.2 Å². The minimum absolute atomic E-state index is 0.0205. The number of carboxylic acid groups (broad SMARTS) is 1. The van der Waals surface area contributed by atoms with Crippen molar-refractivity contribution < 1.29 is 14.7 Å². The number of nitrogens with zero attached hydrogens (tertiary/aromatic N) is 3. The largest absolute Gasteiger partial charge is 0.476 e. The number of piperidine rings is 1. The number of urea groups is 1. The van der Waals surface area contributed by atoms with Crippen molar-refractivity contribution in [3.63, 3.8) is 0 Å². The predicted octanol–water partition coefficient (Wildman–Crippen LogP) is 6.86. The highest BCUT2D eigenvalue weighted by molar-refractivity contribution is 7.99. The fraction of sp³-hybridized carbons (Fsp3) is 0.292. The molecular weight excluding hydrogens is 531 g/mol. The Morgan fingerprint density at radius 2 is 1.66 bits per heavy atom. The van der Waals surface area contributed by atoms with E-state index in [1.54, 1.807) is 39.8 Å². The highest BCUT2D eigenvalue weighted by Gasteiger charge is 2.25. The summed E-state index contributed by atoms with van der Waals surface area (Å²) >= 11 is 19.7. The topological polar surface area (TPSA) is 101 Å². The second-order valence-electron chi connectivity index (χ2n) is 7.65. The maximum absolute atomic E-state index is 11.8. The third kappa shape index (κ3) is 6.85. The van der Waals surface area contributed by atoms with Gasteiger partial charge in [-0.1, -0.05) is 41.7 Å². The van der Waals surface area contributed by atoms with Gasteiger partial charge in [-0.2, -0.15) is 0 Å². The average Bonchev–Trinajstić information content (AvgIpc) is 3.20. The number of rotatable bonds is 5. The molecule has 0 aliphatic carbocycles. The summed E-state index contributed by atoms with van der Waals surface area (Å²) in [5.74, 6) is 0.0233. The van der Waals surface area contributed by atoms with Gasteiger partial charge in [-0.3, -0.25) is 4.57 Å². The molecule has 7 nitrogen and oxygen atoms in total. The summed E-state index contributed by atoms with van der Waals surface area (Å²) in [5, 5.41) is 11.6. The van der Waals surface area contributed by atoms with Crippen LogP contribution in [0.25, 0.3) is 17.1 Å². The molecule has 0 unspecified atom stereocenters. The first-order chi connectivity index (χ1) is 16.7. The summed E-state index contributed by atoms with van der Waals surface area (Å²) in [7, 11) is 0. The smallest absolute Gasteiger partial charge is 0.357 e. The quantitative estimate of drug-likeness (QED) is 0.335.